The molecule has 39 heavy (non-hydrogen) atoms. The Bertz CT molecular complexity index is 1460. The lowest BCUT2D eigenvalue weighted by atomic mass is 9.83. The van der Waals surface area contributed by atoms with Crippen molar-refractivity contribution in [1.82, 2.24) is 15.3 Å². The Morgan fingerprint density at radius 3 is 2.49 bits per heavy atom. The molecule has 2 saturated carbocycles. The molecule has 1 heterocycles. The van der Waals surface area contributed by atoms with Gasteiger partial charge in [0.1, 0.15) is 17.3 Å². The van der Waals surface area contributed by atoms with E-state index in [2.05, 4.69) is 16.7 Å². The summed E-state index contributed by atoms with van der Waals surface area (Å²) in [6.07, 6.45) is 5.74. The van der Waals surface area contributed by atoms with Crippen LogP contribution in [0.15, 0.2) is 78.9 Å². The van der Waals surface area contributed by atoms with Gasteiger partial charge in [0.05, 0.1) is 11.9 Å². The number of benzene rings is 3. The van der Waals surface area contributed by atoms with Crippen molar-refractivity contribution in [2.24, 2.45) is 5.41 Å². The van der Waals surface area contributed by atoms with Crippen LogP contribution < -0.4 is 20.3 Å². The number of hydrogen-bond donors (Lipinski definition) is 2. The standard InChI is InChI=1S/C32H35N5O2/c1-37(2)30-26-13-6-7-14-27(26)34-31(36-30)33-23-15-17-32(18-16-23)21-28(32)35-29(38)20-22-9-8-12-25(19-22)39-24-10-4-3-5-11-24/h3-14,19,23,28H,15-18,20-21H2,1-2H3,(H,35,38)(H,33,34,36). The molecule has 0 aliphatic heterocycles. The highest BCUT2D eigenvalue weighted by Crippen LogP contribution is 2.56. The number of fused-ring (bicyclic) bond motifs is 1. The van der Waals surface area contributed by atoms with Crippen LogP contribution in [0.4, 0.5) is 11.8 Å². The van der Waals surface area contributed by atoms with Crippen LogP contribution in [0.1, 0.15) is 37.7 Å². The first-order chi connectivity index (χ1) is 19.0. The molecule has 1 aromatic heterocycles. The summed E-state index contributed by atoms with van der Waals surface area (Å²) < 4.78 is 5.93. The molecular formula is C32H35N5O2. The van der Waals surface area contributed by atoms with Crippen LogP contribution in [-0.4, -0.2) is 42.1 Å². The Balaban J connectivity index is 1.01. The topological polar surface area (TPSA) is 79.4 Å². The summed E-state index contributed by atoms with van der Waals surface area (Å²) in [7, 11) is 4.03. The highest BCUT2D eigenvalue weighted by molar-refractivity contribution is 5.90. The molecule has 1 spiro atoms. The third-order valence-corrected chi connectivity index (χ3v) is 8.09. The second-order valence-corrected chi connectivity index (χ2v) is 11.1. The number of anilines is 2. The zero-order valence-corrected chi connectivity index (χ0v) is 22.6. The van der Waals surface area contributed by atoms with E-state index in [9.17, 15) is 4.79 Å². The van der Waals surface area contributed by atoms with Crippen LogP contribution in [0.2, 0.25) is 0 Å². The van der Waals surface area contributed by atoms with E-state index in [4.69, 9.17) is 14.7 Å². The number of nitrogens with one attached hydrogen (secondary N) is 2. The number of hydrogen-bond acceptors (Lipinski definition) is 6. The normalized spacial score (nSPS) is 21.9. The molecule has 0 bridgehead atoms. The number of amides is 1. The number of para-hydroxylation sites is 2. The van der Waals surface area contributed by atoms with Crippen molar-refractivity contribution in [1.29, 1.82) is 0 Å². The first-order valence-corrected chi connectivity index (χ1v) is 13.8. The van der Waals surface area contributed by atoms with Crippen LogP contribution >= 0.6 is 0 Å². The Kier molecular flexibility index (Phi) is 6.81. The molecule has 2 aliphatic rings. The van der Waals surface area contributed by atoms with E-state index in [1.165, 1.54) is 0 Å². The van der Waals surface area contributed by atoms with Gasteiger partial charge in [0, 0.05) is 31.6 Å². The number of carbonyl (C=O) groups excluding carboxylic acids is 1. The maximum absolute atomic E-state index is 12.9. The maximum atomic E-state index is 12.9. The summed E-state index contributed by atoms with van der Waals surface area (Å²) in [5, 5.41) is 7.96. The van der Waals surface area contributed by atoms with Gasteiger partial charge in [-0.05, 0) is 79.5 Å². The minimum atomic E-state index is 0.0785. The molecule has 2 fully saturated rings. The average molecular weight is 522 g/mol. The van der Waals surface area contributed by atoms with Crippen molar-refractivity contribution in [3.63, 3.8) is 0 Å². The second kappa shape index (κ2) is 10.6. The third-order valence-electron chi connectivity index (χ3n) is 8.09. The van der Waals surface area contributed by atoms with Crippen LogP contribution in [0.5, 0.6) is 11.5 Å². The molecule has 2 N–H and O–H groups in total. The fourth-order valence-electron chi connectivity index (χ4n) is 5.86. The quantitative estimate of drug-likeness (QED) is 0.298. The molecule has 0 saturated heterocycles. The van der Waals surface area contributed by atoms with Gasteiger partial charge < -0.3 is 20.3 Å². The molecule has 2 aliphatic carbocycles. The fraction of sp³-hybridized carbons (Fsp3) is 0.344. The Morgan fingerprint density at radius 2 is 1.69 bits per heavy atom. The van der Waals surface area contributed by atoms with E-state index >= 15 is 0 Å². The molecule has 7 heteroatoms. The summed E-state index contributed by atoms with van der Waals surface area (Å²) in [4.78, 5) is 24.5. The SMILES string of the molecule is CN(C)c1nc(NC2CCC3(CC2)CC3NC(=O)Cc2cccc(Oc3ccccc3)c2)nc2ccccc12. The Labute approximate surface area is 229 Å². The van der Waals surface area contributed by atoms with Crippen molar-refractivity contribution in [2.45, 2.75) is 50.6 Å². The Hall–Kier alpha value is -4.13. The molecule has 7 nitrogen and oxygen atoms in total. The maximum Gasteiger partial charge on any atom is 0.225 e. The molecule has 1 atom stereocenters. The van der Waals surface area contributed by atoms with E-state index < -0.39 is 0 Å². The first kappa shape index (κ1) is 25.2. The van der Waals surface area contributed by atoms with Crippen molar-refractivity contribution in [2.75, 3.05) is 24.3 Å². The summed E-state index contributed by atoms with van der Waals surface area (Å²) in [5.74, 6) is 3.23. The van der Waals surface area contributed by atoms with Gasteiger partial charge in [-0.15, -0.1) is 0 Å². The number of carbonyl (C=O) groups is 1. The number of ether oxygens (including phenoxy) is 1. The van der Waals surface area contributed by atoms with Crippen LogP contribution in [0, 0.1) is 5.41 Å². The van der Waals surface area contributed by atoms with E-state index in [-0.39, 0.29) is 17.4 Å². The van der Waals surface area contributed by atoms with Crippen LogP contribution in [-0.2, 0) is 11.2 Å². The highest BCUT2D eigenvalue weighted by atomic mass is 16.5. The summed E-state index contributed by atoms with van der Waals surface area (Å²) in [5.41, 5.74) is 2.15. The van der Waals surface area contributed by atoms with Crippen LogP contribution in [0.3, 0.4) is 0 Å². The van der Waals surface area contributed by atoms with E-state index in [1.807, 2.05) is 91.8 Å². The lowest BCUT2D eigenvalue weighted by molar-refractivity contribution is -0.120. The van der Waals surface area contributed by atoms with Crippen molar-refractivity contribution in [3.8, 4) is 11.5 Å². The third kappa shape index (κ3) is 5.67. The van der Waals surface area contributed by atoms with Crippen LogP contribution in [0.25, 0.3) is 10.9 Å². The lowest BCUT2D eigenvalue weighted by Crippen LogP contribution is -2.34. The number of rotatable bonds is 8. The van der Waals surface area contributed by atoms with Gasteiger partial charge in [-0.25, -0.2) is 4.98 Å². The molecule has 0 radical (unpaired) electrons. The monoisotopic (exact) mass is 521 g/mol. The average Bonchev–Trinajstić information content (AvgIpc) is 3.60. The van der Waals surface area contributed by atoms with Gasteiger partial charge in [-0.2, -0.15) is 4.98 Å². The molecule has 200 valence electrons. The minimum Gasteiger partial charge on any atom is -0.457 e. The van der Waals surface area contributed by atoms with Gasteiger partial charge in [-0.1, -0.05) is 42.5 Å². The summed E-state index contributed by atoms with van der Waals surface area (Å²) >= 11 is 0. The summed E-state index contributed by atoms with van der Waals surface area (Å²) in [6, 6.07) is 26.2. The van der Waals surface area contributed by atoms with Gasteiger partial charge >= 0.3 is 0 Å². The predicted molar refractivity (Wildman–Crippen MR) is 155 cm³/mol. The van der Waals surface area contributed by atoms with Gasteiger partial charge in [0.15, 0.2) is 0 Å². The highest BCUT2D eigenvalue weighted by Gasteiger charge is 2.55. The number of aromatic nitrogens is 2. The first-order valence-electron chi connectivity index (χ1n) is 13.8. The second-order valence-electron chi connectivity index (χ2n) is 11.1. The molecule has 1 unspecified atom stereocenters. The van der Waals surface area contributed by atoms with E-state index in [0.717, 1.165) is 65.9 Å². The largest absolute Gasteiger partial charge is 0.457 e. The van der Waals surface area contributed by atoms with E-state index in [0.29, 0.717) is 18.4 Å². The molecule has 3 aromatic carbocycles. The zero-order valence-electron chi connectivity index (χ0n) is 22.6. The molecule has 1 amide bonds. The van der Waals surface area contributed by atoms with Crippen molar-refractivity contribution >= 4 is 28.6 Å². The van der Waals surface area contributed by atoms with Crippen molar-refractivity contribution in [3.05, 3.63) is 84.4 Å². The van der Waals surface area contributed by atoms with Gasteiger partial charge in [-0.3, -0.25) is 4.79 Å². The van der Waals surface area contributed by atoms with Gasteiger partial charge in [0.25, 0.3) is 0 Å². The zero-order chi connectivity index (χ0) is 26.8. The minimum absolute atomic E-state index is 0.0785. The predicted octanol–water partition coefficient (Wildman–Crippen LogP) is 5.96. The molecular weight excluding hydrogens is 486 g/mol. The molecule has 4 aromatic rings. The van der Waals surface area contributed by atoms with E-state index in [1.54, 1.807) is 0 Å². The summed E-state index contributed by atoms with van der Waals surface area (Å²) in [6.45, 7) is 0. The molecule has 6 rings (SSSR count). The smallest absolute Gasteiger partial charge is 0.225 e. The van der Waals surface area contributed by atoms with Crippen molar-refractivity contribution < 1.29 is 9.53 Å². The van der Waals surface area contributed by atoms with Gasteiger partial charge in [0.2, 0.25) is 11.9 Å². The lowest BCUT2D eigenvalue weighted by Gasteiger charge is -2.30. The number of nitrogens with zero attached hydrogens (tertiary/aromatic N) is 3. The fourth-order valence-corrected chi connectivity index (χ4v) is 5.86. The Morgan fingerprint density at radius 1 is 0.949 bits per heavy atom.